The Kier molecular flexibility index (Phi) is 5.43. The number of hydrogen-bond donors (Lipinski definition) is 2. The van der Waals surface area contributed by atoms with Crippen LogP contribution in [0.3, 0.4) is 0 Å². The molecule has 2 N–H and O–H groups in total. The lowest BCUT2D eigenvalue weighted by Gasteiger charge is -2.32. The van der Waals surface area contributed by atoms with Crippen molar-refractivity contribution in [2.24, 2.45) is 0 Å². The molecule has 2 aliphatic heterocycles. The summed E-state index contributed by atoms with van der Waals surface area (Å²) in [5.74, 6) is 0.284. The lowest BCUT2D eigenvalue weighted by molar-refractivity contribution is -0.133. The van der Waals surface area contributed by atoms with Crippen molar-refractivity contribution in [1.82, 2.24) is 15.5 Å². The number of carbonyl (C=O) groups is 3. The van der Waals surface area contributed by atoms with E-state index in [9.17, 15) is 14.4 Å². The van der Waals surface area contributed by atoms with Gasteiger partial charge < -0.3 is 15.0 Å². The van der Waals surface area contributed by atoms with Crippen LogP contribution in [0.4, 0.5) is 4.79 Å². The SMILES string of the molecule is O=C1NC(=O)C(CCC(=O)N2CCC(Oc3ccccc3Cl)CC2)N1. The summed E-state index contributed by atoms with van der Waals surface area (Å²) in [5.41, 5.74) is 0. The molecule has 25 heavy (non-hydrogen) atoms. The first-order valence-corrected chi connectivity index (χ1v) is 8.71. The molecule has 8 heteroatoms. The quantitative estimate of drug-likeness (QED) is 0.777. The lowest BCUT2D eigenvalue weighted by atomic mass is 10.1. The van der Waals surface area contributed by atoms with E-state index in [1.165, 1.54) is 0 Å². The van der Waals surface area contributed by atoms with Crippen LogP contribution < -0.4 is 15.4 Å². The van der Waals surface area contributed by atoms with Crippen LogP contribution in [0.25, 0.3) is 0 Å². The molecular weight excluding hydrogens is 346 g/mol. The summed E-state index contributed by atoms with van der Waals surface area (Å²) in [5, 5.41) is 5.24. The Balaban J connectivity index is 1.42. The fourth-order valence-corrected chi connectivity index (χ4v) is 3.21. The molecule has 2 fully saturated rings. The van der Waals surface area contributed by atoms with Crippen LogP contribution in [0.5, 0.6) is 5.75 Å². The van der Waals surface area contributed by atoms with E-state index < -0.39 is 12.1 Å². The third-order valence-corrected chi connectivity index (χ3v) is 4.74. The summed E-state index contributed by atoms with van der Waals surface area (Å²) in [4.78, 5) is 36.6. The van der Waals surface area contributed by atoms with E-state index >= 15 is 0 Å². The number of ether oxygens (including phenoxy) is 1. The second-order valence-corrected chi connectivity index (χ2v) is 6.59. The van der Waals surface area contributed by atoms with E-state index in [4.69, 9.17) is 16.3 Å². The van der Waals surface area contributed by atoms with Crippen molar-refractivity contribution >= 4 is 29.4 Å². The minimum absolute atomic E-state index is 0.00913. The predicted molar refractivity (Wildman–Crippen MR) is 91.4 cm³/mol. The molecule has 0 spiro atoms. The molecule has 0 radical (unpaired) electrons. The van der Waals surface area contributed by atoms with Crippen LogP contribution in [-0.4, -0.2) is 48.0 Å². The van der Waals surface area contributed by atoms with Crippen LogP contribution in [0.1, 0.15) is 25.7 Å². The first-order valence-electron chi connectivity index (χ1n) is 8.33. The zero-order valence-corrected chi connectivity index (χ0v) is 14.4. The van der Waals surface area contributed by atoms with Gasteiger partial charge in [0.2, 0.25) is 5.91 Å². The summed E-state index contributed by atoms with van der Waals surface area (Å²) >= 11 is 6.10. The molecule has 1 aromatic carbocycles. The van der Waals surface area contributed by atoms with Gasteiger partial charge in [-0.15, -0.1) is 0 Å². The van der Waals surface area contributed by atoms with Gasteiger partial charge in [-0.25, -0.2) is 4.79 Å². The normalized spacial score (nSPS) is 21.0. The number of nitrogens with one attached hydrogen (secondary N) is 2. The number of hydrogen-bond acceptors (Lipinski definition) is 4. The Hall–Kier alpha value is -2.28. The Morgan fingerprint density at radius 1 is 1.24 bits per heavy atom. The number of urea groups is 1. The summed E-state index contributed by atoms with van der Waals surface area (Å²) < 4.78 is 5.91. The number of rotatable bonds is 5. The standard InChI is InChI=1S/C17H20ClN3O4/c18-12-3-1-2-4-14(12)25-11-7-9-21(10-8-11)15(22)6-5-13-16(23)20-17(24)19-13/h1-4,11,13H,5-10H2,(H2,19,20,23,24). The lowest BCUT2D eigenvalue weighted by Crippen LogP contribution is -2.42. The summed E-state index contributed by atoms with van der Waals surface area (Å²) in [6, 6.07) is 6.23. The molecule has 1 unspecified atom stereocenters. The second kappa shape index (κ2) is 7.74. The van der Waals surface area contributed by atoms with Crippen LogP contribution in [-0.2, 0) is 9.59 Å². The molecule has 3 rings (SSSR count). The fourth-order valence-electron chi connectivity index (χ4n) is 3.03. The zero-order valence-electron chi connectivity index (χ0n) is 13.7. The number of carbonyl (C=O) groups excluding carboxylic acids is 3. The highest BCUT2D eigenvalue weighted by atomic mass is 35.5. The van der Waals surface area contributed by atoms with E-state index in [-0.39, 0.29) is 24.3 Å². The van der Waals surface area contributed by atoms with E-state index in [0.717, 1.165) is 12.8 Å². The van der Waals surface area contributed by atoms with Crippen molar-refractivity contribution in [3.05, 3.63) is 29.3 Å². The minimum atomic E-state index is -0.613. The van der Waals surface area contributed by atoms with Gasteiger partial charge in [0.1, 0.15) is 17.9 Å². The van der Waals surface area contributed by atoms with Gasteiger partial charge in [0.15, 0.2) is 0 Å². The first-order chi connectivity index (χ1) is 12.0. The third-order valence-electron chi connectivity index (χ3n) is 4.43. The summed E-state index contributed by atoms with van der Waals surface area (Å²) in [7, 11) is 0. The number of piperidine rings is 1. The molecule has 0 bridgehead atoms. The molecule has 134 valence electrons. The molecule has 2 saturated heterocycles. The first kappa shape index (κ1) is 17.5. The molecule has 2 aliphatic rings. The molecule has 4 amide bonds. The van der Waals surface area contributed by atoms with Crippen molar-refractivity contribution in [1.29, 1.82) is 0 Å². The van der Waals surface area contributed by atoms with E-state index in [1.807, 2.05) is 18.2 Å². The molecule has 1 aromatic rings. The monoisotopic (exact) mass is 365 g/mol. The Bertz CT molecular complexity index is 674. The van der Waals surface area contributed by atoms with Crippen molar-refractivity contribution in [3.63, 3.8) is 0 Å². The number of halogens is 1. The van der Waals surface area contributed by atoms with Crippen LogP contribution in [0.15, 0.2) is 24.3 Å². The summed E-state index contributed by atoms with van der Waals surface area (Å²) in [6.45, 7) is 1.22. The maximum atomic E-state index is 12.3. The highest BCUT2D eigenvalue weighted by Crippen LogP contribution is 2.27. The van der Waals surface area contributed by atoms with Gasteiger partial charge in [-0.3, -0.25) is 14.9 Å². The fraction of sp³-hybridized carbons (Fsp3) is 0.471. The molecular formula is C17H20ClN3O4. The highest BCUT2D eigenvalue weighted by Gasteiger charge is 2.31. The van der Waals surface area contributed by atoms with Crippen LogP contribution in [0, 0.1) is 0 Å². The smallest absolute Gasteiger partial charge is 0.322 e. The average Bonchev–Trinajstić information content (AvgIpc) is 2.93. The van der Waals surface area contributed by atoms with E-state index in [2.05, 4.69) is 10.6 Å². The van der Waals surface area contributed by atoms with Crippen molar-refractivity contribution in [2.45, 2.75) is 37.8 Å². The van der Waals surface area contributed by atoms with Crippen molar-refractivity contribution in [3.8, 4) is 5.75 Å². The van der Waals surface area contributed by atoms with Gasteiger partial charge in [0.25, 0.3) is 5.91 Å². The van der Waals surface area contributed by atoms with Gasteiger partial charge in [0.05, 0.1) is 5.02 Å². The third kappa shape index (κ3) is 4.42. The van der Waals surface area contributed by atoms with Crippen molar-refractivity contribution < 1.29 is 19.1 Å². The maximum Gasteiger partial charge on any atom is 0.322 e. The van der Waals surface area contributed by atoms with Gasteiger partial charge >= 0.3 is 6.03 Å². The number of nitrogens with zero attached hydrogens (tertiary/aromatic N) is 1. The second-order valence-electron chi connectivity index (χ2n) is 6.18. The highest BCUT2D eigenvalue weighted by molar-refractivity contribution is 6.32. The maximum absolute atomic E-state index is 12.3. The average molecular weight is 366 g/mol. The van der Waals surface area contributed by atoms with Crippen LogP contribution >= 0.6 is 11.6 Å². The number of imide groups is 1. The van der Waals surface area contributed by atoms with Crippen molar-refractivity contribution in [2.75, 3.05) is 13.1 Å². The van der Waals surface area contributed by atoms with E-state index in [0.29, 0.717) is 30.3 Å². The van der Waals surface area contributed by atoms with Gasteiger partial charge in [0, 0.05) is 32.4 Å². The largest absolute Gasteiger partial charge is 0.489 e. The Morgan fingerprint density at radius 2 is 1.96 bits per heavy atom. The number of para-hydroxylation sites is 1. The van der Waals surface area contributed by atoms with Gasteiger partial charge in [-0.1, -0.05) is 23.7 Å². The van der Waals surface area contributed by atoms with Crippen LogP contribution in [0.2, 0.25) is 5.02 Å². The summed E-state index contributed by atoms with van der Waals surface area (Å²) in [6.07, 6.45) is 2.04. The van der Waals surface area contributed by atoms with E-state index in [1.54, 1.807) is 11.0 Å². The zero-order chi connectivity index (χ0) is 17.8. The molecule has 0 saturated carbocycles. The topological polar surface area (TPSA) is 87.7 Å². The number of amides is 4. The Morgan fingerprint density at radius 3 is 2.60 bits per heavy atom. The van der Waals surface area contributed by atoms with Gasteiger partial charge in [-0.05, 0) is 18.6 Å². The Labute approximate surface area is 150 Å². The van der Waals surface area contributed by atoms with Gasteiger partial charge in [-0.2, -0.15) is 0 Å². The molecule has 0 aromatic heterocycles. The molecule has 2 heterocycles. The molecule has 1 atom stereocenters. The predicted octanol–water partition coefficient (Wildman–Crippen LogP) is 1.70. The number of likely N-dealkylation sites (tertiary alicyclic amines) is 1. The minimum Gasteiger partial charge on any atom is -0.489 e. The number of benzene rings is 1. The molecule has 0 aliphatic carbocycles. The molecule has 7 nitrogen and oxygen atoms in total.